The number of hydrogen-bond donors (Lipinski definition) is 2. The first-order valence-electron chi connectivity index (χ1n) is 5.44. The van der Waals surface area contributed by atoms with E-state index in [1.54, 1.807) is 12.1 Å². The summed E-state index contributed by atoms with van der Waals surface area (Å²) in [6.45, 7) is 5.58. The molecule has 2 N–H and O–H groups in total. The lowest BCUT2D eigenvalue weighted by Gasteiger charge is -2.09. The summed E-state index contributed by atoms with van der Waals surface area (Å²) in [6.07, 6.45) is 0. The summed E-state index contributed by atoms with van der Waals surface area (Å²) in [5.74, 6) is 0. The first-order valence-corrected chi connectivity index (χ1v) is 7.30. The van der Waals surface area contributed by atoms with Crippen molar-refractivity contribution in [3.8, 4) is 0 Å². The molecule has 1 aromatic carbocycles. The van der Waals surface area contributed by atoms with Crippen molar-refractivity contribution >= 4 is 34.0 Å². The highest BCUT2D eigenvalue weighted by atomic mass is 35.5. The van der Waals surface area contributed by atoms with Crippen LogP contribution in [0.25, 0.3) is 0 Å². The number of likely N-dealkylation sites (N-methyl/N-ethyl adjacent to an activating group) is 1. The van der Waals surface area contributed by atoms with Crippen LogP contribution in [0.3, 0.4) is 0 Å². The minimum absolute atomic E-state index is 0. The van der Waals surface area contributed by atoms with Gasteiger partial charge in [-0.15, -0.1) is 12.4 Å². The van der Waals surface area contributed by atoms with E-state index in [0.717, 1.165) is 12.1 Å². The van der Waals surface area contributed by atoms with Crippen LogP contribution in [-0.4, -0.2) is 28.1 Å². The second-order valence-corrected chi connectivity index (χ2v) is 5.83. The number of halogens is 2. The fourth-order valence-corrected chi connectivity index (χ4v) is 2.98. The minimum atomic E-state index is -3.51. The Morgan fingerprint density at radius 1 is 1.28 bits per heavy atom. The van der Waals surface area contributed by atoms with E-state index in [2.05, 4.69) is 10.0 Å². The van der Waals surface area contributed by atoms with E-state index >= 15 is 0 Å². The van der Waals surface area contributed by atoms with Crippen LogP contribution >= 0.6 is 24.0 Å². The maximum absolute atomic E-state index is 11.9. The number of hydrogen-bond acceptors (Lipinski definition) is 3. The molecule has 1 aromatic rings. The molecule has 0 fully saturated rings. The van der Waals surface area contributed by atoms with Gasteiger partial charge in [0.2, 0.25) is 10.0 Å². The Balaban J connectivity index is 0.00000289. The molecule has 0 aromatic heterocycles. The monoisotopic (exact) mass is 312 g/mol. The van der Waals surface area contributed by atoms with Gasteiger partial charge in [-0.3, -0.25) is 0 Å². The Morgan fingerprint density at radius 2 is 1.94 bits per heavy atom. The van der Waals surface area contributed by atoms with E-state index in [-0.39, 0.29) is 22.3 Å². The molecule has 18 heavy (non-hydrogen) atoms. The Bertz CT molecular complexity index is 478. The number of benzene rings is 1. The lowest BCUT2D eigenvalue weighted by atomic mass is 10.2. The smallest absolute Gasteiger partial charge is 0.242 e. The van der Waals surface area contributed by atoms with Gasteiger partial charge in [0.05, 0.1) is 5.02 Å². The Labute approximate surface area is 120 Å². The molecule has 0 heterocycles. The summed E-state index contributed by atoms with van der Waals surface area (Å²) in [4.78, 5) is 0.126. The average Bonchev–Trinajstić information content (AvgIpc) is 2.24. The first kappa shape index (κ1) is 17.7. The molecule has 0 unspecified atom stereocenters. The highest BCUT2D eigenvalue weighted by Crippen LogP contribution is 2.21. The van der Waals surface area contributed by atoms with Crippen molar-refractivity contribution in [1.82, 2.24) is 10.0 Å². The predicted octanol–water partition coefficient (Wildman–Crippen LogP) is 1.96. The number of sulfonamides is 1. The number of aryl methyl sites for hydroxylation is 1. The second kappa shape index (κ2) is 7.96. The maximum Gasteiger partial charge on any atom is 0.242 e. The van der Waals surface area contributed by atoms with Crippen LogP contribution in [0.5, 0.6) is 0 Å². The number of nitrogens with one attached hydrogen (secondary N) is 2. The zero-order valence-corrected chi connectivity index (χ0v) is 12.8. The van der Waals surface area contributed by atoms with E-state index in [1.165, 1.54) is 6.07 Å². The van der Waals surface area contributed by atoms with E-state index < -0.39 is 10.0 Å². The van der Waals surface area contributed by atoms with Crippen LogP contribution in [0.4, 0.5) is 0 Å². The summed E-state index contributed by atoms with van der Waals surface area (Å²) < 4.78 is 26.3. The first-order chi connectivity index (χ1) is 7.97. The van der Waals surface area contributed by atoms with E-state index in [9.17, 15) is 8.42 Å². The highest BCUT2D eigenvalue weighted by Gasteiger charge is 2.16. The highest BCUT2D eigenvalue weighted by molar-refractivity contribution is 7.89. The van der Waals surface area contributed by atoms with Gasteiger partial charge in [-0.05, 0) is 31.2 Å². The molecule has 0 spiro atoms. The summed E-state index contributed by atoms with van der Waals surface area (Å²) in [5, 5.41) is 3.29. The van der Waals surface area contributed by atoms with Gasteiger partial charge < -0.3 is 5.32 Å². The SMILES string of the molecule is CCNCCNS(=O)(=O)c1ccc(C)cc1Cl.Cl. The maximum atomic E-state index is 11.9. The van der Waals surface area contributed by atoms with Crippen LogP contribution < -0.4 is 10.0 Å². The molecule has 0 aliphatic carbocycles. The lowest BCUT2D eigenvalue weighted by molar-refractivity contribution is 0.577. The Morgan fingerprint density at radius 3 is 2.50 bits per heavy atom. The predicted molar refractivity (Wildman–Crippen MR) is 77.2 cm³/mol. The second-order valence-electron chi connectivity index (χ2n) is 3.69. The van der Waals surface area contributed by atoms with Gasteiger partial charge in [-0.1, -0.05) is 24.6 Å². The van der Waals surface area contributed by atoms with Crippen molar-refractivity contribution in [3.05, 3.63) is 28.8 Å². The molecule has 0 aliphatic rings. The molecule has 0 saturated carbocycles. The van der Waals surface area contributed by atoms with Crippen molar-refractivity contribution in [1.29, 1.82) is 0 Å². The minimum Gasteiger partial charge on any atom is -0.316 e. The summed E-state index contributed by atoms with van der Waals surface area (Å²) in [6, 6.07) is 4.89. The van der Waals surface area contributed by atoms with Gasteiger partial charge in [0.25, 0.3) is 0 Å². The van der Waals surface area contributed by atoms with E-state index in [1.807, 2.05) is 13.8 Å². The van der Waals surface area contributed by atoms with Gasteiger partial charge >= 0.3 is 0 Å². The van der Waals surface area contributed by atoms with Crippen LogP contribution in [0.15, 0.2) is 23.1 Å². The molecule has 104 valence electrons. The molecule has 0 atom stereocenters. The molecule has 0 amide bonds. The van der Waals surface area contributed by atoms with Crippen molar-refractivity contribution in [3.63, 3.8) is 0 Å². The molecular formula is C11H18Cl2N2O2S. The summed E-state index contributed by atoms with van der Waals surface area (Å²) in [7, 11) is -3.51. The normalized spacial score (nSPS) is 11.1. The third kappa shape index (κ3) is 5.12. The largest absolute Gasteiger partial charge is 0.316 e. The van der Waals surface area contributed by atoms with Crippen LogP contribution in [0, 0.1) is 6.92 Å². The van der Waals surface area contributed by atoms with Crippen molar-refractivity contribution in [2.45, 2.75) is 18.7 Å². The van der Waals surface area contributed by atoms with Crippen LogP contribution in [0.2, 0.25) is 5.02 Å². The summed E-state index contributed by atoms with van der Waals surface area (Å²) >= 11 is 5.92. The van der Waals surface area contributed by atoms with Gasteiger partial charge in [-0.25, -0.2) is 13.1 Å². The van der Waals surface area contributed by atoms with E-state index in [4.69, 9.17) is 11.6 Å². The standard InChI is InChI=1S/C11H17ClN2O2S.ClH/c1-3-13-6-7-14-17(15,16)11-5-4-9(2)8-10(11)12;/h4-5,8,13-14H,3,6-7H2,1-2H3;1H. The van der Waals surface area contributed by atoms with Gasteiger partial charge in [0.15, 0.2) is 0 Å². The number of rotatable bonds is 6. The lowest BCUT2D eigenvalue weighted by Crippen LogP contribution is -2.31. The van der Waals surface area contributed by atoms with Crippen molar-refractivity contribution < 1.29 is 8.42 Å². The van der Waals surface area contributed by atoms with Crippen molar-refractivity contribution in [2.24, 2.45) is 0 Å². The van der Waals surface area contributed by atoms with E-state index in [0.29, 0.717) is 13.1 Å². The molecule has 4 nitrogen and oxygen atoms in total. The van der Waals surface area contributed by atoms with Gasteiger partial charge in [-0.2, -0.15) is 0 Å². The molecule has 7 heteroatoms. The zero-order chi connectivity index (χ0) is 12.9. The Kier molecular flexibility index (Phi) is 7.82. The molecule has 0 saturated heterocycles. The summed E-state index contributed by atoms with van der Waals surface area (Å²) in [5.41, 5.74) is 0.932. The molecule has 0 radical (unpaired) electrons. The average molecular weight is 313 g/mol. The third-order valence-corrected chi connectivity index (χ3v) is 4.16. The molecule has 1 rings (SSSR count). The van der Waals surface area contributed by atoms with Crippen molar-refractivity contribution in [2.75, 3.05) is 19.6 Å². The third-order valence-electron chi connectivity index (χ3n) is 2.22. The molecular weight excluding hydrogens is 295 g/mol. The molecule has 0 bridgehead atoms. The quantitative estimate of drug-likeness (QED) is 0.789. The zero-order valence-electron chi connectivity index (χ0n) is 10.4. The Hall–Kier alpha value is -0.330. The van der Waals surface area contributed by atoms with Crippen LogP contribution in [0.1, 0.15) is 12.5 Å². The fraction of sp³-hybridized carbons (Fsp3) is 0.455. The van der Waals surface area contributed by atoms with Crippen LogP contribution in [-0.2, 0) is 10.0 Å². The topological polar surface area (TPSA) is 58.2 Å². The molecule has 0 aliphatic heterocycles. The van der Waals surface area contributed by atoms with Gasteiger partial charge in [0, 0.05) is 13.1 Å². The van der Waals surface area contributed by atoms with Gasteiger partial charge in [0.1, 0.15) is 4.90 Å². The fourth-order valence-electron chi connectivity index (χ4n) is 1.35.